The van der Waals surface area contributed by atoms with Gasteiger partial charge in [0.15, 0.2) is 0 Å². The maximum atomic E-state index is 13.6. The number of benzene rings is 1. The highest BCUT2D eigenvalue weighted by Crippen LogP contribution is 2.21. The number of carbonyl (C=O) groups excluding carboxylic acids is 2. The molecule has 0 fully saturated rings. The van der Waals surface area contributed by atoms with Gasteiger partial charge < -0.3 is 21.1 Å². The lowest BCUT2D eigenvalue weighted by molar-refractivity contribution is -0.192. The first-order chi connectivity index (χ1) is 15.5. The van der Waals surface area contributed by atoms with Gasteiger partial charge in [0.05, 0.1) is 16.3 Å². The van der Waals surface area contributed by atoms with Gasteiger partial charge in [-0.15, -0.1) is 0 Å². The minimum absolute atomic E-state index is 0.00429. The number of nitrogens with one attached hydrogen (secondary N) is 3. The predicted molar refractivity (Wildman–Crippen MR) is 111 cm³/mol. The van der Waals surface area contributed by atoms with Crippen LogP contribution in [-0.2, 0) is 9.59 Å². The first-order valence-electron chi connectivity index (χ1n) is 9.21. The Labute approximate surface area is 189 Å². The third kappa shape index (κ3) is 8.16. The maximum Gasteiger partial charge on any atom is 0.490 e. The molecule has 1 aromatic carbocycles. The molecule has 0 spiro atoms. The summed E-state index contributed by atoms with van der Waals surface area (Å²) in [6, 6.07) is 6.71. The number of amides is 2. The van der Waals surface area contributed by atoms with Gasteiger partial charge in [0.1, 0.15) is 11.6 Å². The summed E-state index contributed by atoms with van der Waals surface area (Å²) in [7, 11) is 0. The fourth-order valence-electron chi connectivity index (χ4n) is 2.48. The van der Waals surface area contributed by atoms with E-state index in [9.17, 15) is 27.2 Å². The van der Waals surface area contributed by atoms with Crippen LogP contribution in [0.1, 0.15) is 16.8 Å². The molecule has 3 rings (SSSR count). The van der Waals surface area contributed by atoms with Gasteiger partial charge in [0, 0.05) is 18.3 Å². The summed E-state index contributed by atoms with van der Waals surface area (Å²) >= 11 is 5.76. The van der Waals surface area contributed by atoms with Crippen LogP contribution in [0.3, 0.4) is 0 Å². The second-order valence-corrected chi connectivity index (χ2v) is 6.88. The van der Waals surface area contributed by atoms with Crippen molar-refractivity contribution >= 4 is 40.9 Å². The molecule has 0 saturated heterocycles. The average Bonchev–Trinajstić information content (AvgIpc) is 2.77. The van der Waals surface area contributed by atoms with Crippen LogP contribution >= 0.6 is 11.6 Å². The number of alkyl halides is 3. The number of hydrogen-bond donors (Lipinski definition) is 4. The van der Waals surface area contributed by atoms with Crippen LogP contribution in [0.5, 0.6) is 0 Å². The van der Waals surface area contributed by atoms with Crippen molar-refractivity contribution in [1.29, 1.82) is 0 Å². The average molecular weight is 489 g/mol. The molecule has 1 aliphatic rings. The lowest BCUT2D eigenvalue weighted by atomic mass is 10.1. The molecule has 1 aromatic heterocycles. The Kier molecular flexibility index (Phi) is 8.88. The van der Waals surface area contributed by atoms with Gasteiger partial charge in [0.2, 0.25) is 0 Å². The number of rotatable bonds is 4. The van der Waals surface area contributed by atoms with Gasteiger partial charge in [-0.2, -0.15) is 13.2 Å². The van der Waals surface area contributed by atoms with E-state index in [0.717, 1.165) is 6.07 Å². The van der Waals surface area contributed by atoms with Crippen LogP contribution in [0.25, 0.3) is 0 Å². The number of nitrogens with zero attached hydrogens (tertiary/aromatic N) is 1. The second-order valence-electron chi connectivity index (χ2n) is 6.45. The summed E-state index contributed by atoms with van der Waals surface area (Å²) in [5, 5.41) is 15.9. The van der Waals surface area contributed by atoms with E-state index in [4.69, 9.17) is 21.5 Å². The number of carboxylic acid groups (broad SMARTS) is 1. The number of carboxylic acids is 1. The summed E-state index contributed by atoms with van der Waals surface area (Å²) in [6.45, 7) is 1.32. The number of halogens is 5. The standard InChI is InChI=1S/C18H16ClFN4O2.C2HF3O2/c19-12-1-4-16(22-10-12)24-18(26)14-9-13(20)2-3-15(14)23-17(25)11-5-7-21-8-6-11;3-2(4,5)1(6)7/h1-5,9-10,21H,6-8H2,(H,23,25)(H,22,24,26);(H,6,7). The molecule has 0 bridgehead atoms. The van der Waals surface area contributed by atoms with Crippen molar-refractivity contribution in [3.8, 4) is 0 Å². The number of anilines is 2. The van der Waals surface area contributed by atoms with Crippen LogP contribution in [-0.4, -0.2) is 47.1 Å². The van der Waals surface area contributed by atoms with Crippen LogP contribution in [0.15, 0.2) is 48.2 Å². The lowest BCUT2D eigenvalue weighted by Crippen LogP contribution is -2.27. The van der Waals surface area contributed by atoms with E-state index in [1.165, 1.54) is 24.4 Å². The zero-order valence-corrected chi connectivity index (χ0v) is 17.4. The van der Waals surface area contributed by atoms with Crippen molar-refractivity contribution in [3.63, 3.8) is 0 Å². The van der Waals surface area contributed by atoms with Crippen LogP contribution in [0.4, 0.5) is 29.1 Å². The number of aromatic nitrogens is 1. The van der Waals surface area contributed by atoms with Crippen LogP contribution in [0.2, 0.25) is 5.02 Å². The first-order valence-corrected chi connectivity index (χ1v) is 9.59. The molecule has 0 atom stereocenters. The minimum atomic E-state index is -5.08. The molecular weight excluding hydrogens is 472 g/mol. The summed E-state index contributed by atoms with van der Waals surface area (Å²) in [6.07, 6.45) is -1.32. The van der Waals surface area contributed by atoms with E-state index in [1.807, 2.05) is 0 Å². The van der Waals surface area contributed by atoms with E-state index in [1.54, 1.807) is 12.1 Å². The first kappa shape index (κ1) is 25.7. The largest absolute Gasteiger partial charge is 0.490 e. The SMILES string of the molecule is O=C(Nc1ccc(F)cc1C(=O)Nc1ccc(Cl)cn1)C1=CCNCC1.O=C(O)C(F)(F)F. The van der Waals surface area contributed by atoms with Crippen molar-refractivity contribution in [2.45, 2.75) is 12.6 Å². The van der Waals surface area contributed by atoms with Gasteiger partial charge in [-0.1, -0.05) is 17.7 Å². The zero-order valence-electron chi connectivity index (χ0n) is 16.7. The van der Waals surface area contributed by atoms with Gasteiger partial charge in [0.25, 0.3) is 11.8 Å². The molecule has 8 nitrogen and oxygen atoms in total. The highest BCUT2D eigenvalue weighted by atomic mass is 35.5. The molecule has 0 unspecified atom stereocenters. The molecule has 13 heteroatoms. The molecule has 0 aliphatic carbocycles. The monoisotopic (exact) mass is 488 g/mol. The van der Waals surface area contributed by atoms with Crippen molar-refractivity contribution in [2.24, 2.45) is 0 Å². The number of pyridine rings is 1. The van der Waals surface area contributed by atoms with Gasteiger partial charge >= 0.3 is 12.1 Å². The zero-order chi connectivity index (χ0) is 24.6. The highest BCUT2D eigenvalue weighted by molar-refractivity contribution is 6.30. The summed E-state index contributed by atoms with van der Waals surface area (Å²) < 4.78 is 45.4. The molecule has 33 heavy (non-hydrogen) atoms. The predicted octanol–water partition coefficient (Wildman–Crippen LogP) is 3.62. The summed E-state index contributed by atoms with van der Waals surface area (Å²) in [5.74, 6) is -3.97. The Morgan fingerprint density at radius 3 is 2.33 bits per heavy atom. The van der Waals surface area contributed by atoms with Crippen molar-refractivity contribution in [3.05, 3.63) is 64.6 Å². The molecule has 1 aliphatic heterocycles. The molecule has 0 radical (unpaired) electrons. The molecule has 2 heterocycles. The van der Waals surface area contributed by atoms with E-state index in [0.29, 0.717) is 30.1 Å². The van der Waals surface area contributed by atoms with Gasteiger partial charge in [-0.25, -0.2) is 14.2 Å². The third-order valence-corrected chi connectivity index (χ3v) is 4.27. The topological polar surface area (TPSA) is 120 Å². The second kappa shape index (κ2) is 11.4. The number of hydrogen-bond acceptors (Lipinski definition) is 5. The Balaban J connectivity index is 0.000000479. The molecule has 176 valence electrons. The minimum Gasteiger partial charge on any atom is -0.475 e. The molecule has 0 saturated carbocycles. The van der Waals surface area contributed by atoms with Crippen LogP contribution < -0.4 is 16.0 Å². The third-order valence-electron chi connectivity index (χ3n) is 4.04. The Morgan fingerprint density at radius 1 is 1.09 bits per heavy atom. The maximum absolute atomic E-state index is 13.6. The van der Waals surface area contributed by atoms with Crippen molar-refractivity contribution in [2.75, 3.05) is 23.7 Å². The summed E-state index contributed by atoms with van der Waals surface area (Å²) in [5.41, 5.74) is 0.853. The molecule has 2 aromatic rings. The van der Waals surface area contributed by atoms with Gasteiger partial charge in [-0.3, -0.25) is 9.59 Å². The molecular formula is C20H17ClF4N4O4. The van der Waals surface area contributed by atoms with Crippen molar-refractivity contribution in [1.82, 2.24) is 10.3 Å². The fraction of sp³-hybridized carbons (Fsp3) is 0.200. The Hall–Kier alpha value is -3.51. The number of carbonyl (C=O) groups is 3. The van der Waals surface area contributed by atoms with Crippen LogP contribution in [0, 0.1) is 5.82 Å². The fourth-order valence-corrected chi connectivity index (χ4v) is 2.59. The van der Waals surface area contributed by atoms with E-state index >= 15 is 0 Å². The molecule has 4 N–H and O–H groups in total. The van der Waals surface area contributed by atoms with Gasteiger partial charge in [-0.05, 0) is 43.3 Å². The number of aliphatic carboxylic acids is 1. The Bertz CT molecular complexity index is 1060. The van der Waals surface area contributed by atoms with E-state index < -0.39 is 23.9 Å². The molecule has 2 amide bonds. The summed E-state index contributed by atoms with van der Waals surface area (Å²) in [4.78, 5) is 37.7. The van der Waals surface area contributed by atoms with E-state index in [2.05, 4.69) is 20.9 Å². The Morgan fingerprint density at radius 2 is 1.79 bits per heavy atom. The van der Waals surface area contributed by atoms with Crippen molar-refractivity contribution < 1.29 is 37.1 Å². The lowest BCUT2D eigenvalue weighted by Gasteiger charge is -2.15. The van der Waals surface area contributed by atoms with E-state index in [-0.39, 0.29) is 23.0 Å². The quantitative estimate of drug-likeness (QED) is 0.488. The smallest absolute Gasteiger partial charge is 0.475 e. The normalized spacial score (nSPS) is 13.2. The highest BCUT2D eigenvalue weighted by Gasteiger charge is 2.38.